The van der Waals surface area contributed by atoms with Crippen LogP contribution in [0.1, 0.15) is 17.5 Å². The number of rotatable bonds is 2. The third-order valence-electron chi connectivity index (χ3n) is 2.86. The van der Waals surface area contributed by atoms with Crippen LogP contribution in [0.3, 0.4) is 0 Å². The van der Waals surface area contributed by atoms with Crippen LogP contribution in [0.5, 0.6) is 0 Å². The Bertz CT molecular complexity index is 545. The second kappa shape index (κ2) is 3.69. The molecule has 1 aliphatic rings. The predicted molar refractivity (Wildman–Crippen MR) is 57.1 cm³/mol. The number of oxazole rings is 1. The molecule has 3 rings (SSSR count). The van der Waals surface area contributed by atoms with Gasteiger partial charge >= 0.3 is 0 Å². The minimum absolute atomic E-state index is 0.0861. The summed E-state index contributed by atoms with van der Waals surface area (Å²) in [6.45, 7) is 3.98. The van der Waals surface area contributed by atoms with Crippen molar-refractivity contribution in [3.8, 4) is 11.6 Å². The molecular weight excluding hydrogens is 222 g/mol. The Morgan fingerprint density at radius 3 is 2.88 bits per heavy atom. The van der Waals surface area contributed by atoms with Crippen molar-refractivity contribution < 1.29 is 9.21 Å². The summed E-state index contributed by atoms with van der Waals surface area (Å²) in [7, 11) is 0. The molecule has 3 heterocycles. The maximum Gasteiger partial charge on any atom is 0.291 e. The molecule has 0 aliphatic carbocycles. The Hall–Kier alpha value is -2.18. The van der Waals surface area contributed by atoms with Gasteiger partial charge in [-0.15, -0.1) is 10.2 Å². The average molecular weight is 233 g/mol. The highest BCUT2D eigenvalue weighted by atomic mass is 16.3. The highest BCUT2D eigenvalue weighted by Gasteiger charge is 2.28. The Morgan fingerprint density at radius 2 is 2.18 bits per heavy atom. The SMILES string of the molecule is CCN1CCn2c(nnc2-c2cnco2)C1=O. The second-order valence-corrected chi connectivity index (χ2v) is 3.75. The van der Waals surface area contributed by atoms with Crippen LogP contribution >= 0.6 is 0 Å². The van der Waals surface area contributed by atoms with E-state index < -0.39 is 0 Å². The number of fused-ring (bicyclic) bond motifs is 1. The number of nitrogens with zero attached hydrogens (tertiary/aromatic N) is 5. The molecule has 7 heteroatoms. The van der Waals surface area contributed by atoms with E-state index in [9.17, 15) is 4.79 Å². The molecule has 2 aromatic rings. The van der Waals surface area contributed by atoms with E-state index in [1.54, 1.807) is 15.7 Å². The third-order valence-corrected chi connectivity index (χ3v) is 2.86. The van der Waals surface area contributed by atoms with Gasteiger partial charge in [-0.1, -0.05) is 0 Å². The first kappa shape index (κ1) is 10.0. The van der Waals surface area contributed by atoms with E-state index in [4.69, 9.17) is 4.42 Å². The zero-order valence-electron chi connectivity index (χ0n) is 9.33. The van der Waals surface area contributed by atoms with Crippen LogP contribution in [-0.4, -0.2) is 43.6 Å². The normalized spacial score (nSPS) is 15.1. The summed E-state index contributed by atoms with van der Waals surface area (Å²) in [5, 5.41) is 7.92. The first-order valence-corrected chi connectivity index (χ1v) is 5.42. The van der Waals surface area contributed by atoms with Gasteiger partial charge in [-0.2, -0.15) is 0 Å². The number of aromatic nitrogens is 4. The number of carbonyl (C=O) groups is 1. The maximum absolute atomic E-state index is 12.0. The van der Waals surface area contributed by atoms with Crippen LogP contribution in [0, 0.1) is 0 Å². The van der Waals surface area contributed by atoms with Gasteiger partial charge in [0.2, 0.25) is 11.6 Å². The quantitative estimate of drug-likeness (QED) is 0.750. The van der Waals surface area contributed by atoms with Crippen molar-refractivity contribution in [1.82, 2.24) is 24.6 Å². The molecule has 0 fully saturated rings. The smallest absolute Gasteiger partial charge is 0.291 e. The van der Waals surface area contributed by atoms with Crippen molar-refractivity contribution in [2.24, 2.45) is 0 Å². The monoisotopic (exact) mass is 233 g/mol. The third kappa shape index (κ3) is 1.42. The molecule has 0 saturated heterocycles. The largest absolute Gasteiger partial charge is 0.440 e. The van der Waals surface area contributed by atoms with Crippen molar-refractivity contribution in [1.29, 1.82) is 0 Å². The highest BCUT2D eigenvalue weighted by molar-refractivity contribution is 5.91. The van der Waals surface area contributed by atoms with Gasteiger partial charge in [0, 0.05) is 19.6 Å². The molecule has 7 nitrogen and oxygen atoms in total. The summed E-state index contributed by atoms with van der Waals surface area (Å²) in [4.78, 5) is 17.6. The first-order chi connectivity index (χ1) is 8.31. The van der Waals surface area contributed by atoms with Crippen molar-refractivity contribution in [3.63, 3.8) is 0 Å². The van der Waals surface area contributed by atoms with Gasteiger partial charge < -0.3 is 9.32 Å². The van der Waals surface area contributed by atoms with Crippen LogP contribution in [0.25, 0.3) is 11.6 Å². The van der Waals surface area contributed by atoms with E-state index in [0.29, 0.717) is 37.0 Å². The van der Waals surface area contributed by atoms with Crippen molar-refractivity contribution in [2.75, 3.05) is 13.1 Å². The molecule has 0 saturated carbocycles. The first-order valence-electron chi connectivity index (χ1n) is 5.42. The predicted octanol–water partition coefficient (Wildman–Crippen LogP) is 0.409. The Labute approximate surface area is 97.1 Å². The molecule has 0 radical (unpaired) electrons. The van der Waals surface area contributed by atoms with E-state index in [1.165, 1.54) is 6.39 Å². The molecule has 0 spiro atoms. The highest BCUT2D eigenvalue weighted by Crippen LogP contribution is 2.20. The fourth-order valence-corrected chi connectivity index (χ4v) is 1.95. The van der Waals surface area contributed by atoms with Crippen LogP contribution in [0.4, 0.5) is 0 Å². The lowest BCUT2D eigenvalue weighted by Crippen LogP contribution is -2.40. The molecule has 0 aromatic carbocycles. The Kier molecular flexibility index (Phi) is 2.17. The summed E-state index contributed by atoms with van der Waals surface area (Å²) in [6, 6.07) is 0. The van der Waals surface area contributed by atoms with Gasteiger partial charge in [-0.3, -0.25) is 9.36 Å². The van der Waals surface area contributed by atoms with E-state index in [-0.39, 0.29) is 5.91 Å². The summed E-state index contributed by atoms with van der Waals surface area (Å²) in [5.74, 6) is 1.37. The van der Waals surface area contributed by atoms with E-state index in [0.717, 1.165) is 0 Å². The molecule has 1 aliphatic heterocycles. The topological polar surface area (TPSA) is 77.1 Å². The molecule has 1 amide bonds. The van der Waals surface area contributed by atoms with Gasteiger partial charge in [-0.25, -0.2) is 4.98 Å². The number of likely N-dealkylation sites (N-methyl/N-ethyl adjacent to an activating group) is 1. The van der Waals surface area contributed by atoms with Gasteiger partial charge in [0.1, 0.15) is 0 Å². The molecule has 88 valence electrons. The number of carbonyl (C=O) groups excluding carboxylic acids is 1. The fourth-order valence-electron chi connectivity index (χ4n) is 1.95. The molecule has 0 atom stereocenters. The molecular formula is C10H11N5O2. The van der Waals surface area contributed by atoms with E-state index in [1.807, 2.05) is 6.92 Å². The molecule has 0 N–H and O–H groups in total. The fraction of sp³-hybridized carbons (Fsp3) is 0.400. The molecule has 0 unspecified atom stereocenters. The standard InChI is InChI=1S/C10H11N5O2/c1-2-14-3-4-15-8(7-5-11-6-17-7)12-13-9(15)10(14)16/h5-6H,2-4H2,1H3. The van der Waals surface area contributed by atoms with Gasteiger partial charge in [-0.05, 0) is 6.92 Å². The lowest BCUT2D eigenvalue weighted by Gasteiger charge is -2.25. The number of hydrogen-bond acceptors (Lipinski definition) is 5. The van der Waals surface area contributed by atoms with Gasteiger partial charge in [0.25, 0.3) is 5.91 Å². The van der Waals surface area contributed by atoms with Crippen LogP contribution < -0.4 is 0 Å². The van der Waals surface area contributed by atoms with E-state index in [2.05, 4.69) is 15.2 Å². The Morgan fingerprint density at radius 1 is 1.35 bits per heavy atom. The second-order valence-electron chi connectivity index (χ2n) is 3.75. The lowest BCUT2D eigenvalue weighted by molar-refractivity contribution is 0.0707. The van der Waals surface area contributed by atoms with Crippen LogP contribution in [0.2, 0.25) is 0 Å². The van der Waals surface area contributed by atoms with E-state index >= 15 is 0 Å². The molecule has 17 heavy (non-hydrogen) atoms. The molecule has 2 aromatic heterocycles. The summed E-state index contributed by atoms with van der Waals surface area (Å²) in [6.07, 6.45) is 2.90. The molecule has 0 bridgehead atoms. The number of amides is 1. The van der Waals surface area contributed by atoms with Crippen molar-refractivity contribution >= 4 is 5.91 Å². The van der Waals surface area contributed by atoms with Crippen LogP contribution in [-0.2, 0) is 6.54 Å². The van der Waals surface area contributed by atoms with Crippen molar-refractivity contribution in [3.05, 3.63) is 18.4 Å². The van der Waals surface area contributed by atoms with Gasteiger partial charge in [0.05, 0.1) is 6.20 Å². The Balaban J connectivity index is 2.05. The summed E-state index contributed by atoms with van der Waals surface area (Å²) >= 11 is 0. The maximum atomic E-state index is 12.0. The number of hydrogen-bond donors (Lipinski definition) is 0. The van der Waals surface area contributed by atoms with Gasteiger partial charge in [0.15, 0.2) is 12.2 Å². The lowest BCUT2D eigenvalue weighted by atomic mass is 10.3. The zero-order chi connectivity index (χ0) is 11.8. The minimum Gasteiger partial charge on any atom is -0.440 e. The van der Waals surface area contributed by atoms with Crippen LogP contribution in [0.15, 0.2) is 17.0 Å². The minimum atomic E-state index is -0.0861. The summed E-state index contributed by atoms with van der Waals surface area (Å²) in [5.41, 5.74) is 0. The average Bonchev–Trinajstić information content (AvgIpc) is 2.97. The van der Waals surface area contributed by atoms with Crippen molar-refractivity contribution in [2.45, 2.75) is 13.5 Å². The zero-order valence-corrected chi connectivity index (χ0v) is 9.33. The summed E-state index contributed by atoms with van der Waals surface area (Å²) < 4.78 is 6.95.